The van der Waals surface area contributed by atoms with E-state index >= 15 is 0 Å². The number of carboxylic acid groups (broad SMARTS) is 1. The number of nitrogens with two attached hydrogens (primary N) is 2. The highest BCUT2D eigenvalue weighted by Gasteiger charge is 2.46. The summed E-state index contributed by atoms with van der Waals surface area (Å²) in [6.07, 6.45) is 24.1. The lowest BCUT2D eigenvalue weighted by Gasteiger charge is -2.23. The van der Waals surface area contributed by atoms with Crippen molar-refractivity contribution in [2.45, 2.75) is 197 Å². The molecule has 1 aliphatic heterocycles. The van der Waals surface area contributed by atoms with Gasteiger partial charge in [-0.3, -0.25) is 28.0 Å². The summed E-state index contributed by atoms with van der Waals surface area (Å²) >= 11 is 1.12. The highest BCUT2D eigenvalue weighted by atomic mass is 32.2. The Morgan fingerprint density at radius 3 is 2.16 bits per heavy atom. The van der Waals surface area contributed by atoms with Crippen LogP contribution >= 0.6 is 27.4 Å². The standard InChI is InChI=1S/C51H86N4O18P2S/c1-4-5-6-7-8-9-10-11-15-18-21-24-29-43(41(56)28-26-30-45(57)58)76-37-40(52)50(62)68-34-39(71-46(59)31-25-22-19-16-13-12-14-17-20-23-27-38(2)3)35-69-74(64,65)73-75(66,67)70-36-42-47(60)48(61)49(72-42)55-33-32-44(53)54-51(55)63/h8-9,11,15,18,21,24,29,32-33,38-43,47-49,56,60-61H,4-7,10,12-14,16-17,19-20,22-23,25-28,30-31,34-37,52H2,1-3H3,(H,57,58)(H,64,65)(H,66,67)(H2,53,54,63)/b9-8-,15-11-,21-18+,29-24+/t39-,40+,41+,42-,43-,47-,48-,49-/m1/s1. The number of aliphatic hydroxyl groups excluding tert-OH is 3. The molecule has 1 saturated heterocycles. The minimum atomic E-state index is -5.55. The molecule has 2 heterocycles. The molecular formula is C51H86N4O18P2S. The van der Waals surface area contributed by atoms with E-state index in [1.807, 2.05) is 18.2 Å². The van der Waals surface area contributed by atoms with Crippen LogP contribution in [0.4, 0.5) is 5.82 Å². The van der Waals surface area contributed by atoms with Gasteiger partial charge < -0.3 is 55.9 Å². The van der Waals surface area contributed by atoms with Crippen molar-refractivity contribution < 1.29 is 81.3 Å². The molecular weight excluding hydrogens is 1050 g/mol. The number of phosphoric ester groups is 2. The zero-order valence-corrected chi connectivity index (χ0v) is 47.0. The van der Waals surface area contributed by atoms with Crippen LogP contribution in [0.3, 0.4) is 0 Å². The average molecular weight is 1140 g/mol. The lowest BCUT2D eigenvalue weighted by molar-refractivity contribution is -0.161. The first-order valence-corrected chi connectivity index (χ1v) is 30.5. The average Bonchev–Trinajstić information content (AvgIpc) is 3.63. The molecule has 0 aromatic carbocycles. The van der Waals surface area contributed by atoms with Crippen LogP contribution in [0.1, 0.15) is 155 Å². The number of rotatable bonds is 43. The summed E-state index contributed by atoms with van der Waals surface area (Å²) in [6, 6.07) is -0.0728. The molecule has 0 spiro atoms. The van der Waals surface area contributed by atoms with Gasteiger partial charge in [-0.15, -0.1) is 11.8 Å². The maximum Gasteiger partial charge on any atom is 0.481 e. The van der Waals surface area contributed by atoms with Crippen molar-refractivity contribution >= 4 is 51.1 Å². The number of esters is 2. The van der Waals surface area contributed by atoms with Crippen LogP contribution in [-0.2, 0) is 51.1 Å². The van der Waals surface area contributed by atoms with Crippen molar-refractivity contribution in [2.75, 3.05) is 31.3 Å². The Labute approximate surface area is 451 Å². The number of aromatic nitrogens is 2. The van der Waals surface area contributed by atoms with Crippen LogP contribution in [0.2, 0.25) is 0 Å². The molecule has 1 aliphatic rings. The summed E-state index contributed by atoms with van der Waals surface area (Å²) in [6.45, 7) is 3.88. The van der Waals surface area contributed by atoms with E-state index in [1.165, 1.54) is 51.0 Å². The van der Waals surface area contributed by atoms with Gasteiger partial charge in [0.1, 0.15) is 36.8 Å². The summed E-state index contributed by atoms with van der Waals surface area (Å²) in [5.41, 5.74) is 10.7. The van der Waals surface area contributed by atoms with Crippen molar-refractivity contribution in [3.8, 4) is 0 Å². The third-order valence-corrected chi connectivity index (χ3v) is 15.9. The van der Waals surface area contributed by atoms with Gasteiger partial charge in [-0.25, -0.2) is 13.9 Å². The van der Waals surface area contributed by atoms with E-state index in [9.17, 15) is 53.4 Å². The van der Waals surface area contributed by atoms with Gasteiger partial charge in [-0.2, -0.15) is 9.29 Å². The fourth-order valence-electron chi connectivity index (χ4n) is 7.59. The number of allylic oxidation sites excluding steroid dienone is 7. The van der Waals surface area contributed by atoms with E-state index in [0.717, 1.165) is 73.9 Å². The van der Waals surface area contributed by atoms with Crippen molar-refractivity contribution in [3.63, 3.8) is 0 Å². The SMILES string of the molecule is CCCCC/C=C\C\C=C/C=C/C=C/[C@@H](SC[C@H](N)C(=O)OC[C@H](COP(=O)(O)OP(=O)(O)OC[C@H]1O[C@@H](n2ccc(N)nc2=O)[C@H](O)[C@@H]1O)OC(=O)CCCCCCCCCCCCC(C)C)[C@@H](O)CCCC(=O)O. The predicted molar refractivity (Wildman–Crippen MR) is 290 cm³/mol. The lowest BCUT2D eigenvalue weighted by Crippen LogP contribution is -2.38. The molecule has 22 nitrogen and oxygen atoms in total. The largest absolute Gasteiger partial charge is 0.481 e. The third-order valence-electron chi connectivity index (χ3n) is 11.8. The van der Waals surface area contributed by atoms with Gasteiger partial charge in [0, 0.05) is 30.0 Å². The molecule has 25 heteroatoms. The summed E-state index contributed by atoms with van der Waals surface area (Å²) in [5.74, 6) is -2.23. The van der Waals surface area contributed by atoms with Gasteiger partial charge in [-0.1, -0.05) is 146 Å². The Morgan fingerprint density at radius 1 is 0.842 bits per heavy atom. The van der Waals surface area contributed by atoms with Crippen LogP contribution in [0.25, 0.3) is 0 Å². The Morgan fingerprint density at radius 2 is 1.50 bits per heavy atom. The van der Waals surface area contributed by atoms with Crippen LogP contribution in [0.15, 0.2) is 65.7 Å². The van der Waals surface area contributed by atoms with Crippen molar-refractivity contribution in [1.29, 1.82) is 0 Å². The number of nitrogen functional groups attached to an aromatic ring is 1. The zero-order valence-electron chi connectivity index (χ0n) is 44.4. The smallest absolute Gasteiger partial charge is 0.481 e. The topological polar surface area (TPSA) is 349 Å². The van der Waals surface area contributed by atoms with E-state index in [2.05, 4.69) is 42.2 Å². The molecule has 0 aliphatic carbocycles. The minimum absolute atomic E-state index is 0.0523. The summed E-state index contributed by atoms with van der Waals surface area (Å²) in [7, 11) is -11.1. The Balaban J connectivity index is 2.05. The van der Waals surface area contributed by atoms with Crippen molar-refractivity contribution in [1.82, 2.24) is 9.55 Å². The zero-order chi connectivity index (χ0) is 56.4. The van der Waals surface area contributed by atoms with Gasteiger partial charge in [0.05, 0.1) is 19.3 Å². The Hall–Kier alpha value is -3.54. The van der Waals surface area contributed by atoms with Gasteiger partial charge in [0.2, 0.25) is 0 Å². The first kappa shape index (κ1) is 68.6. The molecule has 1 fully saturated rings. The van der Waals surface area contributed by atoms with Gasteiger partial charge in [0.25, 0.3) is 0 Å². The van der Waals surface area contributed by atoms with Crippen LogP contribution in [0, 0.1) is 5.92 Å². The second-order valence-corrected chi connectivity index (χ2v) is 23.3. The monoisotopic (exact) mass is 1140 g/mol. The number of hydrogen-bond donors (Lipinski definition) is 8. The van der Waals surface area contributed by atoms with Gasteiger partial charge >= 0.3 is 39.2 Å². The molecule has 0 bridgehead atoms. The highest BCUT2D eigenvalue weighted by Crippen LogP contribution is 2.60. The molecule has 1 aromatic rings. The normalized spacial score (nSPS) is 20.3. The molecule has 10 atom stereocenters. The number of aliphatic hydroxyl groups is 3. The third kappa shape index (κ3) is 31.2. The number of carbonyl (C=O) groups excluding carboxylic acids is 2. The van der Waals surface area contributed by atoms with Crippen LogP contribution < -0.4 is 17.2 Å². The molecule has 2 unspecified atom stereocenters. The number of anilines is 1. The van der Waals surface area contributed by atoms with E-state index in [0.29, 0.717) is 12.3 Å². The number of ether oxygens (including phenoxy) is 3. The van der Waals surface area contributed by atoms with Gasteiger partial charge in [-0.05, 0) is 50.5 Å². The molecule has 434 valence electrons. The van der Waals surface area contributed by atoms with Gasteiger partial charge in [0.15, 0.2) is 12.3 Å². The molecule has 2 rings (SSSR count). The van der Waals surface area contributed by atoms with E-state index in [-0.39, 0.29) is 37.3 Å². The highest BCUT2D eigenvalue weighted by molar-refractivity contribution is 8.00. The fraction of sp³-hybridized carbons (Fsp3) is 0.706. The number of carboxylic acids is 1. The minimum Gasteiger partial charge on any atom is -0.481 e. The maximum absolute atomic E-state index is 13.2. The van der Waals surface area contributed by atoms with E-state index in [1.54, 1.807) is 18.2 Å². The first-order chi connectivity index (χ1) is 36.1. The Bertz CT molecular complexity index is 2110. The molecule has 1 aromatic heterocycles. The molecule has 0 radical (unpaired) electrons. The maximum atomic E-state index is 13.2. The summed E-state index contributed by atoms with van der Waals surface area (Å²) in [4.78, 5) is 73.9. The Kier molecular flexibility index (Phi) is 35.1. The molecule has 0 saturated carbocycles. The quantitative estimate of drug-likeness (QED) is 0.0102. The number of carbonyl (C=O) groups is 3. The van der Waals surface area contributed by atoms with E-state index in [4.69, 9.17) is 39.8 Å². The number of thioether (sulfide) groups is 1. The molecule has 76 heavy (non-hydrogen) atoms. The first-order valence-electron chi connectivity index (χ1n) is 26.4. The summed E-state index contributed by atoms with van der Waals surface area (Å²) in [5, 5.41) is 40.5. The number of phosphoric acid groups is 2. The van der Waals surface area contributed by atoms with Crippen LogP contribution in [-0.4, -0.2) is 125 Å². The number of unbranched alkanes of at least 4 members (excludes halogenated alkanes) is 12. The number of hydrogen-bond acceptors (Lipinski definition) is 19. The van der Waals surface area contributed by atoms with Crippen molar-refractivity contribution in [2.24, 2.45) is 11.7 Å². The van der Waals surface area contributed by atoms with E-state index < -0.39 is 107 Å². The van der Waals surface area contributed by atoms with Crippen molar-refractivity contribution in [3.05, 3.63) is 71.4 Å². The fourth-order valence-corrected chi connectivity index (χ4v) is 10.8. The lowest BCUT2D eigenvalue weighted by atomic mass is 10.0. The number of aliphatic carboxylic acids is 1. The second kappa shape index (κ2) is 38.9. The second-order valence-electron chi connectivity index (χ2n) is 19.1. The number of nitrogens with zero attached hydrogens (tertiary/aromatic N) is 2. The predicted octanol–water partition coefficient (Wildman–Crippen LogP) is 7.73. The molecule has 0 amide bonds. The van der Waals surface area contributed by atoms with Crippen LogP contribution in [0.5, 0.6) is 0 Å². The summed E-state index contributed by atoms with van der Waals surface area (Å²) < 4.78 is 57.0. The molecule has 10 N–H and O–H groups in total.